The fourth-order valence-electron chi connectivity index (χ4n) is 3.13. The molecule has 4 heteroatoms. The minimum atomic E-state index is -4.37. The molecule has 0 aliphatic rings. The summed E-state index contributed by atoms with van der Waals surface area (Å²) in [5.74, 6) is 0.274. The molecule has 0 amide bonds. The molecular weight excluding hydrogens is 337 g/mol. The zero-order valence-corrected chi connectivity index (χ0v) is 16.4. The van der Waals surface area contributed by atoms with Gasteiger partial charge in [-0.05, 0) is 31.9 Å². The molecule has 0 N–H and O–H groups in total. The van der Waals surface area contributed by atoms with E-state index in [-0.39, 0.29) is 12.2 Å². The van der Waals surface area contributed by atoms with Gasteiger partial charge in [-0.2, -0.15) is 13.2 Å². The summed E-state index contributed by atoms with van der Waals surface area (Å²) in [5, 5.41) is 0. The number of benzene rings is 1. The van der Waals surface area contributed by atoms with Crippen LogP contribution in [0.1, 0.15) is 90.9 Å². The molecule has 0 spiro atoms. The predicted molar refractivity (Wildman–Crippen MR) is 103 cm³/mol. The Labute approximate surface area is 157 Å². The lowest BCUT2D eigenvalue weighted by molar-refractivity contribution is -0.244. The number of halogens is 3. The van der Waals surface area contributed by atoms with E-state index >= 15 is 0 Å². The summed E-state index contributed by atoms with van der Waals surface area (Å²) in [4.78, 5) is 0. The molecule has 0 heterocycles. The molecule has 26 heavy (non-hydrogen) atoms. The Morgan fingerprint density at radius 2 is 1.19 bits per heavy atom. The summed E-state index contributed by atoms with van der Waals surface area (Å²) < 4.78 is 45.7. The van der Waals surface area contributed by atoms with E-state index in [0.717, 1.165) is 26.2 Å². The van der Waals surface area contributed by atoms with E-state index in [0.29, 0.717) is 6.42 Å². The van der Waals surface area contributed by atoms with Crippen molar-refractivity contribution in [1.82, 2.24) is 0 Å². The van der Waals surface area contributed by atoms with Crippen LogP contribution in [0.4, 0.5) is 13.2 Å². The second kappa shape index (κ2) is 12.2. The van der Waals surface area contributed by atoms with Gasteiger partial charge >= 0.3 is 6.18 Å². The lowest BCUT2D eigenvalue weighted by Crippen LogP contribution is -2.47. The first-order chi connectivity index (χ1) is 12.4. The Morgan fingerprint density at radius 3 is 1.65 bits per heavy atom. The van der Waals surface area contributed by atoms with Gasteiger partial charge in [-0.15, -0.1) is 0 Å². The molecule has 1 aromatic carbocycles. The van der Waals surface area contributed by atoms with Crippen LogP contribution in [-0.4, -0.2) is 11.8 Å². The first-order valence-electron chi connectivity index (χ1n) is 10.2. The number of alkyl halides is 3. The number of ether oxygens (including phenoxy) is 1. The Balaban J connectivity index is 2.23. The smallest absolute Gasteiger partial charge is 0.427 e. The van der Waals surface area contributed by atoms with Crippen molar-refractivity contribution in [2.45, 2.75) is 103 Å². The minimum absolute atomic E-state index is 0.00239. The van der Waals surface area contributed by atoms with Crippen molar-refractivity contribution < 1.29 is 17.9 Å². The molecule has 0 radical (unpaired) electrons. The fraction of sp³-hybridized carbons (Fsp3) is 0.727. The summed E-state index contributed by atoms with van der Waals surface area (Å²) >= 11 is 0. The molecule has 1 atom stereocenters. The number of hydrogen-bond acceptors (Lipinski definition) is 1. The van der Waals surface area contributed by atoms with Crippen LogP contribution in [0.25, 0.3) is 0 Å². The quantitative estimate of drug-likeness (QED) is 0.300. The van der Waals surface area contributed by atoms with Gasteiger partial charge in [-0.1, -0.05) is 89.3 Å². The molecule has 0 aliphatic carbocycles. The molecular formula is C22H35F3O. The third-order valence-electron chi connectivity index (χ3n) is 4.94. The predicted octanol–water partition coefficient (Wildman–Crippen LogP) is 8.09. The average molecular weight is 373 g/mol. The Morgan fingerprint density at radius 1 is 0.731 bits per heavy atom. The van der Waals surface area contributed by atoms with Crippen LogP contribution in [-0.2, 0) is 0 Å². The van der Waals surface area contributed by atoms with E-state index in [4.69, 9.17) is 4.74 Å². The first kappa shape index (κ1) is 22.9. The molecule has 0 saturated carbocycles. The number of rotatable bonds is 14. The van der Waals surface area contributed by atoms with Crippen LogP contribution in [0.3, 0.4) is 0 Å². The van der Waals surface area contributed by atoms with Crippen molar-refractivity contribution in [1.29, 1.82) is 0 Å². The highest BCUT2D eigenvalue weighted by molar-refractivity contribution is 5.22. The standard InChI is InChI=1S/C22H35F3O/c1-3-4-5-6-7-8-9-10-11-12-16-19-21(2,22(23,24)25)26-20-17-14-13-15-18-20/h13-15,17-18H,3-12,16,19H2,1-2H3. The van der Waals surface area contributed by atoms with Crippen LogP contribution in [0, 0.1) is 0 Å². The van der Waals surface area contributed by atoms with Crippen molar-refractivity contribution in [2.75, 3.05) is 0 Å². The highest BCUT2D eigenvalue weighted by atomic mass is 19.4. The van der Waals surface area contributed by atoms with Gasteiger partial charge in [0.15, 0.2) is 0 Å². The highest BCUT2D eigenvalue weighted by Gasteiger charge is 2.53. The summed E-state index contributed by atoms with van der Waals surface area (Å²) in [6.45, 7) is 3.38. The lowest BCUT2D eigenvalue weighted by Gasteiger charge is -2.33. The third-order valence-corrected chi connectivity index (χ3v) is 4.94. The zero-order valence-electron chi connectivity index (χ0n) is 16.4. The van der Waals surface area contributed by atoms with E-state index in [1.54, 1.807) is 30.3 Å². The summed E-state index contributed by atoms with van der Waals surface area (Å²) in [6, 6.07) is 8.29. The monoisotopic (exact) mass is 372 g/mol. The normalized spacial score (nSPS) is 14.2. The van der Waals surface area contributed by atoms with Crippen LogP contribution < -0.4 is 4.74 Å². The van der Waals surface area contributed by atoms with Gasteiger partial charge in [0, 0.05) is 0 Å². The Bertz CT molecular complexity index is 458. The van der Waals surface area contributed by atoms with Gasteiger partial charge in [-0.3, -0.25) is 0 Å². The Kier molecular flexibility index (Phi) is 10.8. The van der Waals surface area contributed by atoms with Gasteiger partial charge in [0.25, 0.3) is 0 Å². The molecule has 0 bridgehead atoms. The van der Waals surface area contributed by atoms with E-state index in [1.165, 1.54) is 44.9 Å². The maximum absolute atomic E-state index is 13.5. The van der Waals surface area contributed by atoms with Crippen molar-refractivity contribution in [3.8, 4) is 5.75 Å². The minimum Gasteiger partial charge on any atom is -0.478 e. The van der Waals surface area contributed by atoms with Gasteiger partial charge in [0.1, 0.15) is 5.75 Å². The molecule has 1 aromatic rings. The molecule has 0 fully saturated rings. The van der Waals surface area contributed by atoms with Crippen LogP contribution in [0.5, 0.6) is 5.75 Å². The van der Waals surface area contributed by atoms with Crippen LogP contribution in [0.15, 0.2) is 30.3 Å². The maximum atomic E-state index is 13.5. The summed E-state index contributed by atoms with van der Waals surface area (Å²) in [6.07, 6.45) is 8.10. The second-order valence-corrected chi connectivity index (χ2v) is 7.43. The van der Waals surface area contributed by atoms with Crippen LogP contribution in [0.2, 0.25) is 0 Å². The maximum Gasteiger partial charge on any atom is 0.427 e. The van der Waals surface area contributed by atoms with Gasteiger partial charge < -0.3 is 4.74 Å². The van der Waals surface area contributed by atoms with Gasteiger partial charge in [0.2, 0.25) is 5.60 Å². The van der Waals surface area contributed by atoms with E-state index < -0.39 is 11.8 Å². The largest absolute Gasteiger partial charge is 0.478 e. The first-order valence-corrected chi connectivity index (χ1v) is 10.2. The lowest BCUT2D eigenvalue weighted by atomic mass is 9.96. The Hall–Kier alpha value is -1.19. The van der Waals surface area contributed by atoms with E-state index in [9.17, 15) is 13.2 Å². The van der Waals surface area contributed by atoms with Crippen molar-refractivity contribution in [3.05, 3.63) is 30.3 Å². The third kappa shape index (κ3) is 8.95. The summed E-state index contributed by atoms with van der Waals surface area (Å²) in [5.41, 5.74) is -2.12. The van der Waals surface area contributed by atoms with Crippen molar-refractivity contribution >= 4 is 0 Å². The fourth-order valence-corrected chi connectivity index (χ4v) is 3.13. The zero-order chi connectivity index (χ0) is 19.3. The molecule has 0 aromatic heterocycles. The van der Waals surface area contributed by atoms with Gasteiger partial charge in [0.05, 0.1) is 0 Å². The van der Waals surface area contributed by atoms with E-state index in [1.807, 2.05) is 0 Å². The van der Waals surface area contributed by atoms with E-state index in [2.05, 4.69) is 6.92 Å². The average Bonchev–Trinajstić information content (AvgIpc) is 2.59. The molecule has 1 nitrogen and oxygen atoms in total. The molecule has 0 saturated heterocycles. The molecule has 1 rings (SSSR count). The number of para-hydroxylation sites is 1. The van der Waals surface area contributed by atoms with Crippen molar-refractivity contribution in [2.24, 2.45) is 0 Å². The SMILES string of the molecule is CCCCCCCCCCCCCC(C)(Oc1ccccc1)C(F)(F)F. The van der Waals surface area contributed by atoms with Crippen molar-refractivity contribution in [3.63, 3.8) is 0 Å². The second-order valence-electron chi connectivity index (χ2n) is 7.43. The molecule has 0 aliphatic heterocycles. The molecule has 1 unspecified atom stereocenters. The van der Waals surface area contributed by atoms with Gasteiger partial charge in [-0.25, -0.2) is 0 Å². The van der Waals surface area contributed by atoms with Crippen LogP contribution >= 0.6 is 0 Å². The number of hydrogen-bond donors (Lipinski definition) is 0. The number of unbranched alkanes of at least 4 members (excludes halogenated alkanes) is 10. The highest BCUT2D eigenvalue weighted by Crippen LogP contribution is 2.38. The topological polar surface area (TPSA) is 9.23 Å². The molecule has 150 valence electrons. The summed E-state index contributed by atoms with van der Waals surface area (Å²) in [7, 11) is 0.